The highest BCUT2D eigenvalue weighted by Crippen LogP contribution is 2.33. The summed E-state index contributed by atoms with van der Waals surface area (Å²) in [6.07, 6.45) is 6.98. The number of aromatic nitrogens is 1. The molecule has 1 fully saturated rings. The molecule has 4 nitrogen and oxygen atoms in total. The summed E-state index contributed by atoms with van der Waals surface area (Å²) in [6, 6.07) is 4.09. The average Bonchev–Trinajstić information content (AvgIpc) is 2.61. The van der Waals surface area contributed by atoms with Crippen LogP contribution in [0.2, 0.25) is 0 Å². The number of hydrogen-bond donors (Lipinski definition) is 0. The summed E-state index contributed by atoms with van der Waals surface area (Å²) in [4.78, 5) is 18.4. The predicted octanol–water partition coefficient (Wildman–Crippen LogP) is 4.41. The molecule has 0 N–H and O–H groups in total. The lowest BCUT2D eigenvalue weighted by Gasteiger charge is -2.33. The zero-order valence-corrected chi connectivity index (χ0v) is 15.6. The van der Waals surface area contributed by atoms with Crippen molar-refractivity contribution >= 4 is 23.3 Å². The molecule has 1 aliphatic rings. The van der Waals surface area contributed by atoms with Crippen LogP contribution >= 0.6 is 11.6 Å². The summed E-state index contributed by atoms with van der Waals surface area (Å²) in [5.74, 6) is 1.57. The van der Waals surface area contributed by atoms with Crippen molar-refractivity contribution in [3.63, 3.8) is 0 Å². The Morgan fingerprint density at radius 2 is 2.00 bits per heavy atom. The van der Waals surface area contributed by atoms with Crippen LogP contribution in [0.4, 0.5) is 5.69 Å². The van der Waals surface area contributed by atoms with E-state index in [-0.39, 0.29) is 5.97 Å². The zero-order valence-electron chi connectivity index (χ0n) is 14.8. The van der Waals surface area contributed by atoms with Crippen molar-refractivity contribution in [3.8, 4) is 0 Å². The van der Waals surface area contributed by atoms with Gasteiger partial charge in [0.2, 0.25) is 0 Å². The topological polar surface area (TPSA) is 42.4 Å². The van der Waals surface area contributed by atoms with Crippen molar-refractivity contribution in [3.05, 3.63) is 24.0 Å². The van der Waals surface area contributed by atoms with Crippen LogP contribution in [0.15, 0.2) is 18.3 Å². The standard InChI is InChI=1S/C19H29ClN2O2/c1-3-22(18-6-5-11-21-17(18)13-20)14-16-9-7-15(8-10-16)12-19(23)24-4-2/h5-6,11,15-16H,3-4,7-10,12-14H2,1-2H3. The first-order chi connectivity index (χ1) is 11.7. The zero-order chi connectivity index (χ0) is 17.4. The molecule has 0 spiro atoms. The first-order valence-corrected chi connectivity index (χ1v) is 9.61. The molecule has 134 valence electrons. The highest BCUT2D eigenvalue weighted by molar-refractivity contribution is 6.17. The minimum atomic E-state index is -0.0433. The number of ether oxygens (including phenoxy) is 1. The van der Waals surface area contributed by atoms with Gasteiger partial charge in [0.15, 0.2) is 0 Å². The van der Waals surface area contributed by atoms with Gasteiger partial charge < -0.3 is 9.64 Å². The van der Waals surface area contributed by atoms with Crippen LogP contribution in [0.1, 0.15) is 51.6 Å². The van der Waals surface area contributed by atoms with E-state index in [0.717, 1.165) is 37.3 Å². The second-order valence-electron chi connectivity index (χ2n) is 6.54. The van der Waals surface area contributed by atoms with Gasteiger partial charge in [-0.25, -0.2) is 0 Å². The summed E-state index contributed by atoms with van der Waals surface area (Å²) in [7, 11) is 0. The summed E-state index contributed by atoms with van der Waals surface area (Å²) in [6.45, 7) is 6.52. The Labute approximate surface area is 150 Å². The van der Waals surface area contributed by atoms with E-state index in [2.05, 4.69) is 22.9 Å². The van der Waals surface area contributed by atoms with E-state index in [9.17, 15) is 4.79 Å². The molecule has 0 radical (unpaired) electrons. The van der Waals surface area contributed by atoms with E-state index < -0.39 is 0 Å². The molecule has 0 atom stereocenters. The molecular formula is C19H29ClN2O2. The van der Waals surface area contributed by atoms with Gasteiger partial charge in [0, 0.05) is 25.7 Å². The first-order valence-electron chi connectivity index (χ1n) is 9.08. The molecule has 1 heterocycles. The second-order valence-corrected chi connectivity index (χ2v) is 6.80. The Hall–Kier alpha value is -1.29. The van der Waals surface area contributed by atoms with Crippen molar-refractivity contribution in [2.75, 3.05) is 24.6 Å². The van der Waals surface area contributed by atoms with E-state index in [1.54, 1.807) is 6.20 Å². The Morgan fingerprint density at radius 1 is 1.29 bits per heavy atom. The number of pyridine rings is 1. The van der Waals surface area contributed by atoms with Gasteiger partial charge in [-0.15, -0.1) is 11.6 Å². The normalized spacial score (nSPS) is 20.6. The quantitative estimate of drug-likeness (QED) is 0.513. The van der Waals surface area contributed by atoms with Gasteiger partial charge in [0.05, 0.1) is 23.9 Å². The number of nitrogens with zero attached hydrogens (tertiary/aromatic N) is 2. The van der Waals surface area contributed by atoms with Gasteiger partial charge in [-0.3, -0.25) is 9.78 Å². The number of anilines is 1. The van der Waals surface area contributed by atoms with E-state index in [1.165, 1.54) is 12.8 Å². The third-order valence-corrected chi connectivity index (χ3v) is 5.17. The fourth-order valence-corrected chi connectivity index (χ4v) is 3.81. The maximum absolute atomic E-state index is 11.6. The van der Waals surface area contributed by atoms with Gasteiger partial charge in [0.25, 0.3) is 0 Å². The fraction of sp³-hybridized carbons (Fsp3) is 0.684. The molecule has 0 amide bonds. The van der Waals surface area contributed by atoms with E-state index >= 15 is 0 Å². The van der Waals surface area contributed by atoms with Gasteiger partial charge in [-0.2, -0.15) is 0 Å². The lowest BCUT2D eigenvalue weighted by atomic mass is 9.80. The molecule has 1 aliphatic carbocycles. The monoisotopic (exact) mass is 352 g/mol. The molecule has 0 saturated heterocycles. The number of carbonyl (C=O) groups excluding carboxylic acids is 1. The van der Waals surface area contributed by atoms with Crippen LogP contribution < -0.4 is 4.90 Å². The highest BCUT2D eigenvalue weighted by Gasteiger charge is 2.25. The maximum Gasteiger partial charge on any atom is 0.306 e. The van der Waals surface area contributed by atoms with E-state index in [4.69, 9.17) is 16.3 Å². The van der Waals surface area contributed by atoms with Crippen LogP contribution in [-0.4, -0.2) is 30.6 Å². The van der Waals surface area contributed by atoms with Crippen LogP contribution in [0, 0.1) is 11.8 Å². The molecule has 1 aromatic heterocycles. The molecule has 2 rings (SSSR count). The maximum atomic E-state index is 11.6. The number of halogens is 1. The molecule has 0 unspecified atom stereocenters. The van der Waals surface area contributed by atoms with Crippen LogP contribution in [0.3, 0.4) is 0 Å². The molecule has 1 aromatic rings. The minimum Gasteiger partial charge on any atom is -0.466 e. The van der Waals surface area contributed by atoms with Crippen molar-refractivity contribution in [1.29, 1.82) is 0 Å². The third kappa shape index (κ3) is 5.37. The Morgan fingerprint density at radius 3 is 2.62 bits per heavy atom. The van der Waals surface area contributed by atoms with Gasteiger partial charge >= 0.3 is 5.97 Å². The molecule has 5 heteroatoms. The third-order valence-electron chi connectivity index (χ3n) is 4.92. The lowest BCUT2D eigenvalue weighted by Crippen LogP contribution is -2.32. The number of hydrogen-bond acceptors (Lipinski definition) is 4. The van der Waals surface area contributed by atoms with E-state index in [0.29, 0.717) is 30.7 Å². The summed E-state index contributed by atoms with van der Waals surface area (Å²) >= 11 is 6.04. The van der Waals surface area contributed by atoms with Crippen molar-refractivity contribution < 1.29 is 9.53 Å². The van der Waals surface area contributed by atoms with Crippen molar-refractivity contribution in [1.82, 2.24) is 4.98 Å². The van der Waals surface area contributed by atoms with Crippen molar-refractivity contribution in [2.45, 2.75) is 51.8 Å². The predicted molar refractivity (Wildman–Crippen MR) is 98.4 cm³/mol. The first kappa shape index (κ1) is 19.0. The Bertz CT molecular complexity index is 516. The summed E-state index contributed by atoms with van der Waals surface area (Å²) in [5, 5.41) is 0. The molecule has 0 aromatic carbocycles. The number of alkyl halides is 1. The van der Waals surface area contributed by atoms with E-state index in [1.807, 2.05) is 13.0 Å². The average molecular weight is 353 g/mol. The smallest absolute Gasteiger partial charge is 0.306 e. The lowest BCUT2D eigenvalue weighted by molar-refractivity contribution is -0.144. The molecule has 0 bridgehead atoms. The van der Waals surface area contributed by atoms with Gasteiger partial charge in [-0.1, -0.05) is 0 Å². The van der Waals surface area contributed by atoms with Crippen LogP contribution in [-0.2, 0) is 15.4 Å². The summed E-state index contributed by atoms with van der Waals surface area (Å²) < 4.78 is 5.07. The molecular weight excluding hydrogens is 324 g/mol. The highest BCUT2D eigenvalue weighted by atomic mass is 35.5. The molecule has 1 saturated carbocycles. The molecule has 24 heavy (non-hydrogen) atoms. The SMILES string of the molecule is CCOC(=O)CC1CCC(CN(CC)c2cccnc2CCl)CC1. The van der Waals surface area contributed by atoms with Crippen molar-refractivity contribution in [2.24, 2.45) is 11.8 Å². The minimum absolute atomic E-state index is 0.0433. The van der Waals surface area contributed by atoms with Gasteiger partial charge in [-0.05, 0) is 63.5 Å². The van der Waals surface area contributed by atoms with Crippen LogP contribution in [0.5, 0.6) is 0 Å². The Kier molecular flexibility index (Phi) is 7.83. The largest absolute Gasteiger partial charge is 0.466 e. The summed E-state index contributed by atoms with van der Waals surface area (Å²) in [5.41, 5.74) is 2.11. The number of carbonyl (C=O) groups is 1. The molecule has 0 aliphatic heterocycles. The van der Waals surface area contributed by atoms with Gasteiger partial charge in [0.1, 0.15) is 0 Å². The second kappa shape index (κ2) is 9.87. The fourth-order valence-electron chi connectivity index (χ4n) is 3.60. The van der Waals surface area contributed by atoms with Crippen LogP contribution in [0.25, 0.3) is 0 Å². The Balaban J connectivity index is 1.86. The number of esters is 1. The number of rotatable bonds is 8.